The van der Waals surface area contributed by atoms with Crippen LogP contribution in [0, 0.1) is 0 Å². The zero-order valence-electron chi connectivity index (χ0n) is 13.7. The second-order valence-electron chi connectivity index (χ2n) is 6.04. The number of carboxylic acid groups (broad SMARTS) is 1. The van der Waals surface area contributed by atoms with Gasteiger partial charge in [-0.3, -0.25) is 4.79 Å². The van der Waals surface area contributed by atoms with E-state index in [1.807, 2.05) is 17.9 Å². The highest BCUT2D eigenvalue weighted by Gasteiger charge is 2.25. The normalized spacial score (nSPS) is 17.6. The zero-order valence-corrected chi connectivity index (χ0v) is 13.7. The molecule has 1 heterocycles. The van der Waals surface area contributed by atoms with Gasteiger partial charge in [0.15, 0.2) is 0 Å². The van der Waals surface area contributed by atoms with E-state index < -0.39 is 5.97 Å². The molecule has 0 bridgehead atoms. The second-order valence-corrected chi connectivity index (χ2v) is 6.04. The summed E-state index contributed by atoms with van der Waals surface area (Å²) in [7, 11) is 0. The third kappa shape index (κ3) is 3.26. The molecule has 126 valence electrons. The van der Waals surface area contributed by atoms with Crippen molar-refractivity contribution in [3.05, 3.63) is 47.5 Å². The van der Waals surface area contributed by atoms with E-state index in [2.05, 4.69) is 0 Å². The van der Waals surface area contributed by atoms with Crippen LogP contribution in [0.25, 0.3) is 10.8 Å². The number of rotatable bonds is 4. The molecule has 0 aromatic heterocycles. The summed E-state index contributed by atoms with van der Waals surface area (Å²) in [6.45, 7) is 3.98. The van der Waals surface area contributed by atoms with Crippen LogP contribution in [-0.4, -0.2) is 47.7 Å². The van der Waals surface area contributed by atoms with Crippen LogP contribution >= 0.6 is 0 Å². The summed E-state index contributed by atoms with van der Waals surface area (Å²) in [4.78, 5) is 25.8. The maximum Gasteiger partial charge on any atom is 0.335 e. The van der Waals surface area contributed by atoms with Gasteiger partial charge in [0.25, 0.3) is 5.91 Å². The van der Waals surface area contributed by atoms with Gasteiger partial charge < -0.3 is 14.7 Å². The van der Waals surface area contributed by atoms with Crippen molar-refractivity contribution in [3.63, 3.8) is 0 Å². The number of hydrogen-bond donors (Lipinski definition) is 1. The molecule has 1 amide bonds. The van der Waals surface area contributed by atoms with Gasteiger partial charge in [0.2, 0.25) is 0 Å². The number of likely N-dealkylation sites (N-methyl/N-ethyl adjacent to an activating group) is 1. The van der Waals surface area contributed by atoms with Crippen LogP contribution in [0.3, 0.4) is 0 Å². The van der Waals surface area contributed by atoms with Crippen molar-refractivity contribution >= 4 is 22.6 Å². The van der Waals surface area contributed by atoms with Crippen molar-refractivity contribution in [2.24, 2.45) is 0 Å². The third-order valence-electron chi connectivity index (χ3n) is 4.51. The molecular formula is C19H21NO4. The molecule has 3 rings (SSSR count). The van der Waals surface area contributed by atoms with Gasteiger partial charge in [-0.25, -0.2) is 4.79 Å². The molecule has 0 spiro atoms. The van der Waals surface area contributed by atoms with Crippen molar-refractivity contribution < 1.29 is 19.4 Å². The quantitative estimate of drug-likeness (QED) is 0.936. The number of ether oxygens (including phenoxy) is 1. The van der Waals surface area contributed by atoms with Crippen molar-refractivity contribution in [2.45, 2.75) is 25.8 Å². The zero-order chi connectivity index (χ0) is 17.1. The molecule has 5 heteroatoms. The monoisotopic (exact) mass is 327 g/mol. The van der Waals surface area contributed by atoms with E-state index in [0.29, 0.717) is 18.7 Å². The van der Waals surface area contributed by atoms with E-state index in [1.165, 1.54) is 0 Å². The fourth-order valence-electron chi connectivity index (χ4n) is 3.21. The number of amides is 1. The lowest BCUT2D eigenvalue weighted by atomic mass is 10.0. The van der Waals surface area contributed by atoms with Crippen molar-refractivity contribution in [1.29, 1.82) is 0 Å². The van der Waals surface area contributed by atoms with Crippen molar-refractivity contribution in [1.82, 2.24) is 4.90 Å². The number of benzene rings is 2. The number of carbonyl (C=O) groups is 2. The Hall–Kier alpha value is -2.40. The van der Waals surface area contributed by atoms with E-state index in [4.69, 9.17) is 9.84 Å². The van der Waals surface area contributed by atoms with E-state index in [1.54, 1.807) is 30.3 Å². The standard InChI is InChI=1S/C19H21NO4/c1-2-20(17-4-3-9-24-12-17)18(21)15-7-5-14-11-16(19(22)23)8-6-13(14)10-15/h5-8,10-11,17H,2-4,9,12H2,1H3,(H,22,23). The topological polar surface area (TPSA) is 66.8 Å². The van der Waals surface area contributed by atoms with E-state index in [0.717, 1.165) is 30.2 Å². The minimum Gasteiger partial charge on any atom is -0.478 e. The largest absolute Gasteiger partial charge is 0.478 e. The summed E-state index contributed by atoms with van der Waals surface area (Å²) < 4.78 is 5.51. The molecule has 1 aliphatic rings. The highest BCUT2D eigenvalue weighted by Crippen LogP contribution is 2.21. The number of aromatic carboxylic acids is 1. The highest BCUT2D eigenvalue weighted by molar-refractivity contribution is 6.00. The average molecular weight is 327 g/mol. The molecule has 2 aromatic rings. The van der Waals surface area contributed by atoms with Crippen LogP contribution in [-0.2, 0) is 4.74 Å². The molecule has 1 unspecified atom stereocenters. The van der Waals surface area contributed by atoms with Crippen LogP contribution < -0.4 is 0 Å². The van der Waals surface area contributed by atoms with Gasteiger partial charge in [-0.2, -0.15) is 0 Å². The molecule has 0 aliphatic carbocycles. The molecule has 1 saturated heterocycles. The van der Waals surface area contributed by atoms with Gasteiger partial charge in [0, 0.05) is 18.7 Å². The van der Waals surface area contributed by atoms with Crippen LogP contribution in [0.1, 0.15) is 40.5 Å². The van der Waals surface area contributed by atoms with Gasteiger partial charge in [0.1, 0.15) is 0 Å². The first-order valence-corrected chi connectivity index (χ1v) is 8.26. The van der Waals surface area contributed by atoms with Gasteiger partial charge in [0.05, 0.1) is 18.2 Å². The van der Waals surface area contributed by atoms with Crippen molar-refractivity contribution in [3.8, 4) is 0 Å². The Kier molecular flexibility index (Phi) is 4.81. The van der Waals surface area contributed by atoms with Crippen LogP contribution in [0.2, 0.25) is 0 Å². The average Bonchev–Trinajstić information content (AvgIpc) is 2.62. The molecule has 1 fully saturated rings. The van der Waals surface area contributed by atoms with E-state index in [9.17, 15) is 9.59 Å². The Balaban J connectivity index is 1.88. The highest BCUT2D eigenvalue weighted by atomic mass is 16.5. The molecule has 2 aromatic carbocycles. The molecular weight excluding hydrogens is 306 g/mol. The Labute approximate surface area is 140 Å². The molecule has 0 saturated carbocycles. The first-order valence-electron chi connectivity index (χ1n) is 8.26. The van der Waals surface area contributed by atoms with Crippen LogP contribution in [0.4, 0.5) is 0 Å². The van der Waals surface area contributed by atoms with Crippen LogP contribution in [0.15, 0.2) is 36.4 Å². The number of nitrogens with zero attached hydrogens (tertiary/aromatic N) is 1. The minimum absolute atomic E-state index is 0.00258. The Morgan fingerprint density at radius 1 is 1.17 bits per heavy atom. The third-order valence-corrected chi connectivity index (χ3v) is 4.51. The van der Waals surface area contributed by atoms with Crippen LogP contribution in [0.5, 0.6) is 0 Å². The molecule has 5 nitrogen and oxygen atoms in total. The summed E-state index contributed by atoms with van der Waals surface area (Å²) in [6, 6.07) is 10.5. The summed E-state index contributed by atoms with van der Waals surface area (Å²) in [5.41, 5.74) is 0.870. The Morgan fingerprint density at radius 3 is 2.42 bits per heavy atom. The molecule has 24 heavy (non-hydrogen) atoms. The predicted octanol–water partition coefficient (Wildman–Crippen LogP) is 3.18. The molecule has 1 atom stereocenters. The SMILES string of the molecule is CCN(C(=O)c1ccc2cc(C(=O)O)ccc2c1)C1CCCOC1. The van der Waals surface area contributed by atoms with Crippen molar-refractivity contribution in [2.75, 3.05) is 19.8 Å². The maximum atomic E-state index is 12.9. The minimum atomic E-state index is -0.952. The maximum absolute atomic E-state index is 12.9. The summed E-state index contributed by atoms with van der Waals surface area (Å²) in [5.74, 6) is -0.955. The van der Waals surface area contributed by atoms with Gasteiger partial charge >= 0.3 is 5.97 Å². The van der Waals surface area contributed by atoms with E-state index in [-0.39, 0.29) is 17.5 Å². The molecule has 0 radical (unpaired) electrons. The first-order chi connectivity index (χ1) is 11.6. The summed E-state index contributed by atoms with van der Waals surface area (Å²) in [6.07, 6.45) is 1.94. The summed E-state index contributed by atoms with van der Waals surface area (Å²) in [5, 5.41) is 10.7. The van der Waals surface area contributed by atoms with E-state index >= 15 is 0 Å². The second kappa shape index (κ2) is 7.01. The Bertz CT molecular complexity index is 765. The lowest BCUT2D eigenvalue weighted by molar-refractivity contribution is 0.0184. The predicted molar refractivity (Wildman–Crippen MR) is 91.5 cm³/mol. The van der Waals surface area contributed by atoms with Gasteiger partial charge in [-0.05, 0) is 54.8 Å². The fraction of sp³-hybridized carbons (Fsp3) is 0.368. The lowest BCUT2D eigenvalue weighted by Gasteiger charge is -2.33. The van der Waals surface area contributed by atoms with Gasteiger partial charge in [-0.1, -0.05) is 12.1 Å². The molecule has 1 aliphatic heterocycles. The number of hydrogen-bond acceptors (Lipinski definition) is 3. The van der Waals surface area contributed by atoms with Gasteiger partial charge in [-0.15, -0.1) is 0 Å². The number of carbonyl (C=O) groups excluding carboxylic acids is 1. The molecule has 1 N–H and O–H groups in total. The Morgan fingerprint density at radius 2 is 1.83 bits per heavy atom. The first kappa shape index (κ1) is 16.5. The smallest absolute Gasteiger partial charge is 0.335 e. The number of fused-ring (bicyclic) bond motifs is 1. The number of carboxylic acids is 1. The lowest BCUT2D eigenvalue weighted by Crippen LogP contribution is -2.44. The fourth-order valence-corrected chi connectivity index (χ4v) is 3.21. The summed E-state index contributed by atoms with van der Waals surface area (Å²) >= 11 is 0.